The van der Waals surface area contributed by atoms with Crippen molar-refractivity contribution in [2.24, 2.45) is 0 Å². The van der Waals surface area contributed by atoms with E-state index in [1.165, 1.54) is 5.56 Å². The van der Waals surface area contributed by atoms with Crippen molar-refractivity contribution in [2.75, 3.05) is 4.90 Å². The molecule has 0 spiro atoms. The number of amides is 1. The molecule has 0 aliphatic carbocycles. The first-order chi connectivity index (χ1) is 11.7. The summed E-state index contributed by atoms with van der Waals surface area (Å²) in [6.07, 6.45) is 2.66. The van der Waals surface area contributed by atoms with Crippen molar-refractivity contribution in [1.29, 1.82) is 5.26 Å². The number of nitrogens with zero attached hydrogens (tertiary/aromatic N) is 3. The van der Waals surface area contributed by atoms with Gasteiger partial charge in [0.05, 0.1) is 5.56 Å². The number of benzene rings is 2. The second-order valence-electron chi connectivity index (χ2n) is 6.25. The van der Waals surface area contributed by atoms with E-state index >= 15 is 0 Å². The zero-order valence-electron chi connectivity index (χ0n) is 13.4. The minimum Gasteiger partial charge on any atom is -0.337 e. The van der Waals surface area contributed by atoms with Gasteiger partial charge in [0, 0.05) is 28.8 Å². The monoisotopic (exact) mass is 315 g/mol. The van der Waals surface area contributed by atoms with E-state index in [0.29, 0.717) is 5.56 Å². The summed E-state index contributed by atoms with van der Waals surface area (Å²) in [7, 11) is 0. The molecule has 2 aromatic carbocycles. The van der Waals surface area contributed by atoms with Gasteiger partial charge >= 0.3 is 0 Å². The highest BCUT2D eigenvalue weighted by Gasteiger charge is 2.30. The molecule has 0 saturated heterocycles. The van der Waals surface area contributed by atoms with Gasteiger partial charge in [-0.25, -0.2) is 0 Å². The molecule has 1 aliphatic rings. The zero-order chi connectivity index (χ0) is 16.7. The van der Waals surface area contributed by atoms with Crippen LogP contribution in [0, 0.1) is 11.3 Å². The van der Waals surface area contributed by atoms with Gasteiger partial charge < -0.3 is 9.47 Å². The Morgan fingerprint density at radius 3 is 2.79 bits per heavy atom. The molecule has 4 nitrogen and oxygen atoms in total. The molecule has 3 aromatic rings. The fourth-order valence-corrected chi connectivity index (χ4v) is 3.63. The van der Waals surface area contributed by atoms with E-state index in [0.717, 1.165) is 23.0 Å². The van der Waals surface area contributed by atoms with E-state index in [9.17, 15) is 10.1 Å². The van der Waals surface area contributed by atoms with Crippen LogP contribution in [0.25, 0.3) is 10.9 Å². The lowest BCUT2D eigenvalue weighted by Gasteiger charge is -2.23. The average Bonchev–Trinajstić information content (AvgIpc) is 3.12. The van der Waals surface area contributed by atoms with Gasteiger partial charge in [0.2, 0.25) is 5.91 Å². The highest BCUT2D eigenvalue weighted by molar-refractivity contribution is 5.97. The average molecular weight is 315 g/mol. The molecule has 2 heterocycles. The summed E-state index contributed by atoms with van der Waals surface area (Å²) in [5.41, 5.74) is 3.75. The molecule has 0 saturated carbocycles. The first-order valence-electron chi connectivity index (χ1n) is 8.07. The number of carbonyl (C=O) groups excluding carboxylic acids is 1. The number of hydrogen-bond donors (Lipinski definition) is 0. The Kier molecular flexibility index (Phi) is 3.35. The Balaban J connectivity index is 1.70. The van der Waals surface area contributed by atoms with Crippen molar-refractivity contribution in [3.05, 3.63) is 65.9 Å². The zero-order valence-corrected chi connectivity index (χ0v) is 13.4. The molecule has 4 rings (SSSR count). The van der Waals surface area contributed by atoms with Crippen LogP contribution in [0.2, 0.25) is 0 Å². The summed E-state index contributed by atoms with van der Waals surface area (Å²) < 4.78 is 1.88. The lowest BCUT2D eigenvalue weighted by Crippen LogP contribution is -2.37. The number of fused-ring (bicyclic) bond motifs is 2. The van der Waals surface area contributed by atoms with E-state index in [1.807, 2.05) is 51.9 Å². The number of nitriles is 1. The summed E-state index contributed by atoms with van der Waals surface area (Å²) in [4.78, 5) is 14.8. The fraction of sp³-hybridized carbons (Fsp3) is 0.200. The number of para-hydroxylation sites is 2. The number of carbonyl (C=O) groups is 1. The number of aromatic nitrogens is 1. The third-order valence-electron chi connectivity index (χ3n) is 4.69. The van der Waals surface area contributed by atoms with Crippen molar-refractivity contribution in [2.45, 2.75) is 25.9 Å². The van der Waals surface area contributed by atoms with Crippen LogP contribution in [-0.2, 0) is 17.8 Å². The van der Waals surface area contributed by atoms with Crippen molar-refractivity contribution in [3.8, 4) is 6.07 Å². The Morgan fingerprint density at radius 1 is 1.21 bits per heavy atom. The van der Waals surface area contributed by atoms with E-state index in [4.69, 9.17) is 0 Å². The van der Waals surface area contributed by atoms with Crippen LogP contribution >= 0.6 is 0 Å². The molecule has 0 fully saturated rings. The van der Waals surface area contributed by atoms with Gasteiger partial charge in [-0.15, -0.1) is 0 Å². The maximum atomic E-state index is 13.0. The summed E-state index contributed by atoms with van der Waals surface area (Å²) in [5.74, 6) is 0.0534. The molecule has 1 amide bonds. The Bertz CT molecular complexity index is 980. The van der Waals surface area contributed by atoms with E-state index < -0.39 is 0 Å². The highest BCUT2D eigenvalue weighted by Crippen LogP contribution is 2.32. The van der Waals surface area contributed by atoms with Gasteiger partial charge in [0.25, 0.3) is 0 Å². The predicted octanol–water partition coefficient (Wildman–Crippen LogP) is 3.49. The third-order valence-corrected chi connectivity index (χ3v) is 4.69. The number of rotatable bonds is 2. The Labute approximate surface area is 140 Å². The highest BCUT2D eigenvalue weighted by atomic mass is 16.2. The molecule has 1 atom stereocenters. The van der Waals surface area contributed by atoms with Gasteiger partial charge in [-0.1, -0.05) is 36.4 Å². The smallest absolute Gasteiger partial charge is 0.247 e. The molecule has 118 valence electrons. The van der Waals surface area contributed by atoms with Crippen molar-refractivity contribution in [3.63, 3.8) is 0 Å². The summed E-state index contributed by atoms with van der Waals surface area (Å²) in [6, 6.07) is 18.1. The second kappa shape index (κ2) is 5.54. The largest absolute Gasteiger partial charge is 0.337 e. The van der Waals surface area contributed by atoms with Crippen LogP contribution < -0.4 is 4.90 Å². The van der Waals surface area contributed by atoms with Crippen LogP contribution in [0.3, 0.4) is 0 Å². The Morgan fingerprint density at radius 2 is 1.96 bits per heavy atom. The normalized spacial score (nSPS) is 16.2. The summed E-state index contributed by atoms with van der Waals surface area (Å²) in [5, 5.41) is 10.2. The first kappa shape index (κ1) is 14.5. The molecule has 1 aromatic heterocycles. The fourth-order valence-electron chi connectivity index (χ4n) is 3.63. The summed E-state index contributed by atoms with van der Waals surface area (Å²) in [6.45, 7) is 2.31. The summed E-state index contributed by atoms with van der Waals surface area (Å²) >= 11 is 0. The van der Waals surface area contributed by atoms with Gasteiger partial charge in [-0.05, 0) is 31.0 Å². The van der Waals surface area contributed by atoms with Crippen LogP contribution in [0.4, 0.5) is 5.69 Å². The third kappa shape index (κ3) is 2.17. The van der Waals surface area contributed by atoms with E-state index in [2.05, 4.69) is 19.1 Å². The maximum absolute atomic E-state index is 13.0. The van der Waals surface area contributed by atoms with Gasteiger partial charge in [-0.3, -0.25) is 4.79 Å². The molecule has 1 aliphatic heterocycles. The standard InChI is InChI=1S/C20H17N3O/c1-14-10-15-6-2-4-8-18(15)23(14)20(24)13-22-12-16(11-21)17-7-3-5-9-19(17)22/h2-9,12,14H,10,13H2,1H3. The molecular weight excluding hydrogens is 298 g/mol. The van der Waals surface area contributed by atoms with Crippen molar-refractivity contribution in [1.82, 2.24) is 4.57 Å². The van der Waals surface area contributed by atoms with Gasteiger partial charge in [0.1, 0.15) is 12.6 Å². The Hall–Kier alpha value is -3.06. The SMILES string of the molecule is CC1Cc2ccccc2N1C(=O)Cn1cc(C#N)c2ccccc21. The second-order valence-corrected chi connectivity index (χ2v) is 6.25. The minimum absolute atomic E-state index is 0.0534. The molecule has 24 heavy (non-hydrogen) atoms. The van der Waals surface area contributed by atoms with Crippen LogP contribution in [-0.4, -0.2) is 16.5 Å². The van der Waals surface area contributed by atoms with Crippen molar-refractivity contribution < 1.29 is 4.79 Å². The van der Waals surface area contributed by atoms with Crippen LogP contribution in [0.15, 0.2) is 54.7 Å². The molecule has 0 radical (unpaired) electrons. The molecule has 0 bridgehead atoms. The van der Waals surface area contributed by atoms with Crippen LogP contribution in [0.1, 0.15) is 18.1 Å². The van der Waals surface area contributed by atoms with E-state index in [-0.39, 0.29) is 18.5 Å². The number of hydrogen-bond acceptors (Lipinski definition) is 2. The van der Waals surface area contributed by atoms with Gasteiger partial charge in [-0.2, -0.15) is 5.26 Å². The molecule has 0 N–H and O–H groups in total. The maximum Gasteiger partial charge on any atom is 0.247 e. The lowest BCUT2D eigenvalue weighted by molar-refractivity contribution is -0.119. The van der Waals surface area contributed by atoms with Crippen LogP contribution in [0.5, 0.6) is 0 Å². The quantitative estimate of drug-likeness (QED) is 0.727. The van der Waals surface area contributed by atoms with Gasteiger partial charge in [0.15, 0.2) is 0 Å². The van der Waals surface area contributed by atoms with E-state index in [1.54, 1.807) is 6.20 Å². The molecular formula is C20H17N3O. The molecule has 4 heteroatoms. The number of anilines is 1. The molecule has 1 unspecified atom stereocenters. The minimum atomic E-state index is 0.0534. The van der Waals surface area contributed by atoms with Crippen molar-refractivity contribution >= 4 is 22.5 Å². The lowest BCUT2D eigenvalue weighted by atomic mass is 10.1. The predicted molar refractivity (Wildman–Crippen MR) is 93.7 cm³/mol. The first-order valence-corrected chi connectivity index (χ1v) is 8.07. The topological polar surface area (TPSA) is 49.0 Å².